The number of thiophene rings is 2. The molecule has 0 aliphatic carbocycles. The highest BCUT2D eigenvalue weighted by Gasteiger charge is 2.16. The molecule has 4 heteroatoms. The first-order valence-corrected chi connectivity index (χ1v) is 7.50. The topological polar surface area (TPSA) is 21.3 Å². The van der Waals surface area contributed by atoms with E-state index in [-0.39, 0.29) is 0 Å². The SMILES string of the molecule is CCCNC(c1cccs1)c1cc(OC)cs1. The third-order valence-electron chi connectivity index (χ3n) is 2.54. The molecule has 0 bridgehead atoms. The third kappa shape index (κ3) is 3.09. The number of hydrogen-bond acceptors (Lipinski definition) is 4. The molecule has 0 radical (unpaired) electrons. The Balaban J connectivity index is 2.20. The van der Waals surface area contributed by atoms with Crippen molar-refractivity contribution in [3.05, 3.63) is 38.7 Å². The van der Waals surface area contributed by atoms with Gasteiger partial charge in [-0.3, -0.25) is 0 Å². The van der Waals surface area contributed by atoms with Crippen LogP contribution in [0.2, 0.25) is 0 Å². The number of methoxy groups -OCH3 is 1. The van der Waals surface area contributed by atoms with E-state index in [1.54, 1.807) is 29.8 Å². The molecule has 2 nitrogen and oxygen atoms in total. The molecular weight excluding hydrogens is 250 g/mol. The number of ether oxygens (including phenoxy) is 1. The first-order valence-electron chi connectivity index (χ1n) is 5.74. The Morgan fingerprint density at radius 3 is 2.82 bits per heavy atom. The second-order valence-electron chi connectivity index (χ2n) is 3.79. The second-order valence-corrected chi connectivity index (χ2v) is 5.71. The Hall–Kier alpha value is -0.840. The van der Waals surface area contributed by atoms with Crippen LogP contribution in [0.5, 0.6) is 5.75 Å². The Bertz CT molecular complexity index is 436. The van der Waals surface area contributed by atoms with E-state index >= 15 is 0 Å². The summed E-state index contributed by atoms with van der Waals surface area (Å²) >= 11 is 3.55. The minimum atomic E-state index is 0.309. The van der Waals surface area contributed by atoms with E-state index in [4.69, 9.17) is 4.74 Å². The van der Waals surface area contributed by atoms with Gasteiger partial charge in [-0.15, -0.1) is 22.7 Å². The zero-order valence-electron chi connectivity index (χ0n) is 10.1. The molecule has 1 atom stereocenters. The number of hydrogen-bond donors (Lipinski definition) is 1. The average molecular weight is 267 g/mol. The molecule has 0 fully saturated rings. The van der Waals surface area contributed by atoms with Crippen LogP contribution in [0.15, 0.2) is 29.0 Å². The summed E-state index contributed by atoms with van der Waals surface area (Å²) in [7, 11) is 1.71. The van der Waals surface area contributed by atoms with E-state index in [0.29, 0.717) is 6.04 Å². The fraction of sp³-hybridized carbons (Fsp3) is 0.385. The standard InChI is InChI=1S/C13H17NOS2/c1-3-6-14-13(11-5-4-7-16-11)12-8-10(15-2)9-17-12/h4-5,7-9,13-14H,3,6H2,1-2H3. The fourth-order valence-electron chi connectivity index (χ4n) is 1.68. The van der Waals surface area contributed by atoms with Crippen molar-refractivity contribution in [3.8, 4) is 5.75 Å². The average Bonchev–Trinajstić information content (AvgIpc) is 3.00. The maximum atomic E-state index is 5.25. The summed E-state index contributed by atoms with van der Waals surface area (Å²) in [4.78, 5) is 2.68. The van der Waals surface area contributed by atoms with Gasteiger partial charge in [0, 0.05) is 15.1 Å². The van der Waals surface area contributed by atoms with Crippen molar-refractivity contribution < 1.29 is 4.74 Å². The van der Waals surface area contributed by atoms with Gasteiger partial charge in [-0.05, 0) is 30.5 Å². The molecule has 0 spiro atoms. The van der Waals surface area contributed by atoms with E-state index in [1.165, 1.54) is 9.75 Å². The first kappa shape index (κ1) is 12.6. The highest BCUT2D eigenvalue weighted by Crippen LogP contribution is 2.32. The molecule has 92 valence electrons. The van der Waals surface area contributed by atoms with Gasteiger partial charge in [0.15, 0.2) is 0 Å². The lowest BCUT2D eigenvalue weighted by Crippen LogP contribution is -2.21. The van der Waals surface area contributed by atoms with Gasteiger partial charge in [-0.2, -0.15) is 0 Å². The maximum Gasteiger partial charge on any atom is 0.129 e. The lowest BCUT2D eigenvalue weighted by atomic mass is 10.2. The summed E-state index contributed by atoms with van der Waals surface area (Å²) in [6.07, 6.45) is 1.14. The normalized spacial score (nSPS) is 12.6. The predicted octanol–water partition coefficient (Wildman–Crippen LogP) is 3.91. The summed E-state index contributed by atoms with van der Waals surface area (Å²) < 4.78 is 5.25. The van der Waals surface area contributed by atoms with Crippen molar-refractivity contribution in [2.45, 2.75) is 19.4 Å². The van der Waals surface area contributed by atoms with Gasteiger partial charge in [0.25, 0.3) is 0 Å². The van der Waals surface area contributed by atoms with E-state index in [1.807, 2.05) is 0 Å². The molecule has 1 N–H and O–H groups in total. The Morgan fingerprint density at radius 1 is 1.35 bits per heavy atom. The van der Waals surface area contributed by atoms with Crippen LogP contribution in [0, 0.1) is 0 Å². The Kier molecular flexibility index (Phi) is 4.59. The van der Waals surface area contributed by atoms with Crippen molar-refractivity contribution >= 4 is 22.7 Å². The Labute approximate surface area is 110 Å². The van der Waals surface area contributed by atoms with Gasteiger partial charge >= 0.3 is 0 Å². The van der Waals surface area contributed by atoms with Crippen LogP contribution in [-0.4, -0.2) is 13.7 Å². The zero-order chi connectivity index (χ0) is 12.1. The molecule has 17 heavy (non-hydrogen) atoms. The van der Waals surface area contributed by atoms with Crippen LogP contribution in [0.1, 0.15) is 29.1 Å². The number of rotatable bonds is 6. The molecule has 2 rings (SSSR count). The van der Waals surface area contributed by atoms with Crippen molar-refractivity contribution in [1.29, 1.82) is 0 Å². The zero-order valence-corrected chi connectivity index (χ0v) is 11.7. The smallest absolute Gasteiger partial charge is 0.129 e. The molecule has 2 aromatic rings. The molecule has 0 aromatic carbocycles. The van der Waals surface area contributed by atoms with Crippen molar-refractivity contribution in [1.82, 2.24) is 5.32 Å². The lowest BCUT2D eigenvalue weighted by Gasteiger charge is -2.15. The molecular formula is C13H17NOS2. The second kappa shape index (κ2) is 6.19. The summed E-state index contributed by atoms with van der Waals surface area (Å²) in [6, 6.07) is 6.72. The highest BCUT2D eigenvalue weighted by molar-refractivity contribution is 7.11. The molecule has 0 aliphatic heterocycles. The summed E-state index contributed by atoms with van der Waals surface area (Å²) in [6.45, 7) is 3.22. The lowest BCUT2D eigenvalue weighted by molar-refractivity contribution is 0.416. The van der Waals surface area contributed by atoms with Crippen molar-refractivity contribution in [3.63, 3.8) is 0 Å². The maximum absolute atomic E-state index is 5.25. The van der Waals surface area contributed by atoms with E-state index in [9.17, 15) is 0 Å². The van der Waals surface area contributed by atoms with Gasteiger partial charge in [-0.1, -0.05) is 13.0 Å². The largest absolute Gasteiger partial charge is 0.496 e. The predicted molar refractivity (Wildman–Crippen MR) is 75.3 cm³/mol. The molecule has 0 saturated heterocycles. The monoisotopic (exact) mass is 267 g/mol. The van der Waals surface area contributed by atoms with E-state index in [2.05, 4.69) is 41.2 Å². The van der Waals surface area contributed by atoms with Gasteiger partial charge in [0.05, 0.1) is 13.2 Å². The molecule has 0 amide bonds. The van der Waals surface area contributed by atoms with Crippen LogP contribution in [0.4, 0.5) is 0 Å². The quantitative estimate of drug-likeness (QED) is 0.857. The number of nitrogens with one attached hydrogen (secondary N) is 1. The molecule has 2 aromatic heterocycles. The van der Waals surface area contributed by atoms with Crippen molar-refractivity contribution in [2.75, 3.05) is 13.7 Å². The summed E-state index contributed by atoms with van der Waals surface area (Å²) in [5.41, 5.74) is 0. The van der Waals surface area contributed by atoms with Gasteiger partial charge in [-0.25, -0.2) is 0 Å². The highest BCUT2D eigenvalue weighted by atomic mass is 32.1. The van der Waals surface area contributed by atoms with Gasteiger partial charge in [0.1, 0.15) is 5.75 Å². The van der Waals surface area contributed by atoms with Crippen LogP contribution in [0.25, 0.3) is 0 Å². The summed E-state index contributed by atoms with van der Waals surface area (Å²) in [5.74, 6) is 0.949. The third-order valence-corrected chi connectivity index (χ3v) is 4.46. The minimum absolute atomic E-state index is 0.309. The minimum Gasteiger partial charge on any atom is -0.496 e. The van der Waals surface area contributed by atoms with Crippen LogP contribution in [-0.2, 0) is 0 Å². The molecule has 0 saturated carbocycles. The van der Waals surface area contributed by atoms with Crippen molar-refractivity contribution in [2.24, 2.45) is 0 Å². The van der Waals surface area contributed by atoms with Crippen LogP contribution < -0.4 is 10.1 Å². The fourth-order valence-corrected chi connectivity index (χ4v) is 3.52. The van der Waals surface area contributed by atoms with Gasteiger partial charge < -0.3 is 10.1 Å². The van der Waals surface area contributed by atoms with Crippen LogP contribution >= 0.6 is 22.7 Å². The van der Waals surface area contributed by atoms with Crippen LogP contribution in [0.3, 0.4) is 0 Å². The first-order chi connectivity index (χ1) is 8.35. The van der Waals surface area contributed by atoms with Gasteiger partial charge in [0.2, 0.25) is 0 Å². The molecule has 0 aliphatic rings. The molecule has 1 unspecified atom stereocenters. The van der Waals surface area contributed by atoms with E-state index < -0.39 is 0 Å². The molecule has 2 heterocycles. The summed E-state index contributed by atoms with van der Waals surface area (Å²) in [5, 5.41) is 7.78. The Morgan fingerprint density at radius 2 is 2.24 bits per heavy atom. The van der Waals surface area contributed by atoms with E-state index in [0.717, 1.165) is 18.7 Å².